The van der Waals surface area contributed by atoms with Crippen LogP contribution in [-0.4, -0.2) is 18.7 Å². The number of aromatic nitrogens is 1. The van der Waals surface area contributed by atoms with E-state index in [1.807, 2.05) is 24.3 Å². The van der Waals surface area contributed by atoms with Gasteiger partial charge in [-0.05, 0) is 30.2 Å². The summed E-state index contributed by atoms with van der Waals surface area (Å²) < 4.78 is 23.4. The molecule has 0 N–H and O–H groups in total. The number of hydrogen-bond acceptors (Lipinski definition) is 3. The van der Waals surface area contributed by atoms with Crippen LogP contribution in [0.2, 0.25) is 0 Å². The first-order valence-corrected chi connectivity index (χ1v) is 5.65. The van der Waals surface area contributed by atoms with Crippen molar-refractivity contribution >= 4 is 0 Å². The zero-order chi connectivity index (χ0) is 12.8. The summed E-state index contributed by atoms with van der Waals surface area (Å²) in [5, 5.41) is 0. The van der Waals surface area contributed by atoms with Gasteiger partial charge in [0.1, 0.15) is 11.5 Å². The quantitative estimate of drug-likeness (QED) is 0.760. The van der Waals surface area contributed by atoms with Crippen molar-refractivity contribution in [1.29, 1.82) is 0 Å². The summed E-state index contributed by atoms with van der Waals surface area (Å²) >= 11 is 0. The van der Waals surface area contributed by atoms with Crippen molar-refractivity contribution in [2.75, 3.05) is 13.7 Å². The third-order valence-corrected chi connectivity index (χ3v) is 2.45. The number of hydrogen-bond donors (Lipinski definition) is 0. The van der Waals surface area contributed by atoms with Gasteiger partial charge >= 0.3 is 0 Å². The van der Waals surface area contributed by atoms with Gasteiger partial charge in [0.15, 0.2) is 0 Å². The summed E-state index contributed by atoms with van der Waals surface area (Å²) in [6, 6.07) is 10.5. The zero-order valence-corrected chi connectivity index (χ0v) is 10.1. The molecule has 2 rings (SSSR count). The summed E-state index contributed by atoms with van der Waals surface area (Å²) in [5.74, 6) is 0.554. The van der Waals surface area contributed by atoms with Crippen LogP contribution in [0.3, 0.4) is 0 Å². The molecule has 0 atom stereocenters. The van der Waals surface area contributed by atoms with E-state index in [4.69, 9.17) is 9.47 Å². The van der Waals surface area contributed by atoms with Crippen molar-refractivity contribution in [3.8, 4) is 11.5 Å². The molecule has 0 aliphatic carbocycles. The number of rotatable bonds is 5. The highest BCUT2D eigenvalue weighted by Gasteiger charge is 2.00. The molecule has 3 nitrogen and oxygen atoms in total. The third kappa shape index (κ3) is 3.53. The van der Waals surface area contributed by atoms with Gasteiger partial charge in [0.2, 0.25) is 5.95 Å². The average molecular weight is 247 g/mol. The fourth-order valence-electron chi connectivity index (χ4n) is 1.53. The Hall–Kier alpha value is -1.94. The Morgan fingerprint density at radius 3 is 2.56 bits per heavy atom. The van der Waals surface area contributed by atoms with Crippen molar-refractivity contribution in [3.05, 3.63) is 54.1 Å². The average Bonchev–Trinajstić information content (AvgIpc) is 2.38. The van der Waals surface area contributed by atoms with Gasteiger partial charge in [-0.25, -0.2) is 4.98 Å². The summed E-state index contributed by atoms with van der Waals surface area (Å²) in [5.41, 5.74) is 1.17. The molecule has 0 bridgehead atoms. The molecular formula is C14H14FNO2. The molecule has 1 aromatic carbocycles. The molecule has 0 fully saturated rings. The van der Waals surface area contributed by atoms with E-state index in [1.165, 1.54) is 17.8 Å². The van der Waals surface area contributed by atoms with E-state index in [1.54, 1.807) is 13.2 Å². The largest absolute Gasteiger partial charge is 0.457 e. The number of pyridine rings is 1. The Balaban J connectivity index is 2.02. The molecule has 0 spiro atoms. The lowest BCUT2D eigenvalue weighted by atomic mass is 10.1. The Morgan fingerprint density at radius 1 is 1.11 bits per heavy atom. The highest BCUT2D eigenvalue weighted by Crippen LogP contribution is 2.21. The third-order valence-electron chi connectivity index (χ3n) is 2.45. The monoisotopic (exact) mass is 247 g/mol. The first-order valence-electron chi connectivity index (χ1n) is 5.65. The topological polar surface area (TPSA) is 31.4 Å². The second-order valence-electron chi connectivity index (χ2n) is 3.80. The van der Waals surface area contributed by atoms with E-state index in [-0.39, 0.29) is 0 Å². The Morgan fingerprint density at radius 2 is 1.89 bits per heavy atom. The van der Waals surface area contributed by atoms with Gasteiger partial charge in [-0.2, -0.15) is 4.39 Å². The molecule has 0 unspecified atom stereocenters. The van der Waals surface area contributed by atoms with Crippen molar-refractivity contribution < 1.29 is 13.9 Å². The fourth-order valence-corrected chi connectivity index (χ4v) is 1.53. The minimum Gasteiger partial charge on any atom is -0.457 e. The summed E-state index contributed by atoms with van der Waals surface area (Å²) in [6.07, 6.45) is 2.23. The van der Waals surface area contributed by atoms with Crippen LogP contribution in [0, 0.1) is 5.95 Å². The van der Waals surface area contributed by atoms with Crippen LogP contribution in [0.5, 0.6) is 11.5 Å². The summed E-state index contributed by atoms with van der Waals surface area (Å²) in [6.45, 7) is 0.690. The van der Waals surface area contributed by atoms with E-state index in [9.17, 15) is 4.39 Å². The van der Waals surface area contributed by atoms with E-state index >= 15 is 0 Å². The van der Waals surface area contributed by atoms with Crippen LogP contribution in [0.25, 0.3) is 0 Å². The summed E-state index contributed by atoms with van der Waals surface area (Å²) in [4.78, 5) is 3.47. The maximum atomic E-state index is 12.9. The van der Waals surface area contributed by atoms with E-state index < -0.39 is 5.95 Å². The first-order chi connectivity index (χ1) is 8.78. The Kier molecular flexibility index (Phi) is 4.25. The van der Waals surface area contributed by atoms with Gasteiger partial charge in [0.25, 0.3) is 0 Å². The number of methoxy groups -OCH3 is 1. The highest BCUT2D eigenvalue weighted by molar-refractivity contribution is 5.32. The van der Waals surface area contributed by atoms with Crippen LogP contribution in [0.4, 0.5) is 4.39 Å². The molecule has 0 saturated carbocycles. The molecule has 1 heterocycles. The molecule has 0 aliphatic rings. The Labute approximate surface area is 105 Å². The van der Waals surface area contributed by atoms with Crippen molar-refractivity contribution in [2.24, 2.45) is 0 Å². The van der Waals surface area contributed by atoms with Crippen molar-refractivity contribution in [3.63, 3.8) is 0 Å². The number of nitrogens with zero attached hydrogens (tertiary/aromatic N) is 1. The number of halogens is 1. The molecule has 1 aromatic heterocycles. The second-order valence-corrected chi connectivity index (χ2v) is 3.80. The number of ether oxygens (including phenoxy) is 2. The van der Waals surface area contributed by atoms with Gasteiger partial charge < -0.3 is 9.47 Å². The minimum absolute atomic E-state index is 0.437. The molecule has 4 heteroatoms. The zero-order valence-electron chi connectivity index (χ0n) is 10.1. The van der Waals surface area contributed by atoms with Crippen LogP contribution in [-0.2, 0) is 11.2 Å². The summed E-state index contributed by atoms with van der Waals surface area (Å²) in [7, 11) is 1.68. The molecule has 94 valence electrons. The van der Waals surface area contributed by atoms with E-state index in [2.05, 4.69) is 4.98 Å². The van der Waals surface area contributed by atoms with E-state index in [0.29, 0.717) is 18.1 Å². The minimum atomic E-state index is -0.552. The van der Waals surface area contributed by atoms with Gasteiger partial charge in [0, 0.05) is 19.4 Å². The van der Waals surface area contributed by atoms with Gasteiger partial charge in [-0.15, -0.1) is 0 Å². The predicted octanol–water partition coefficient (Wildman–Crippen LogP) is 3.20. The second kappa shape index (κ2) is 6.12. The lowest BCUT2D eigenvalue weighted by Gasteiger charge is -2.06. The van der Waals surface area contributed by atoms with Gasteiger partial charge in [-0.1, -0.05) is 12.1 Å². The normalized spacial score (nSPS) is 10.3. The lowest BCUT2D eigenvalue weighted by Crippen LogP contribution is -1.94. The maximum absolute atomic E-state index is 12.9. The van der Waals surface area contributed by atoms with Crippen LogP contribution < -0.4 is 4.74 Å². The van der Waals surface area contributed by atoms with Crippen molar-refractivity contribution in [2.45, 2.75) is 6.42 Å². The molecule has 0 radical (unpaired) electrons. The van der Waals surface area contributed by atoms with Crippen LogP contribution >= 0.6 is 0 Å². The van der Waals surface area contributed by atoms with Crippen molar-refractivity contribution in [1.82, 2.24) is 4.98 Å². The lowest BCUT2D eigenvalue weighted by molar-refractivity contribution is 0.202. The molecule has 0 aliphatic heterocycles. The molecule has 2 aromatic rings. The fraction of sp³-hybridized carbons (Fsp3) is 0.214. The highest BCUT2D eigenvalue weighted by atomic mass is 19.1. The van der Waals surface area contributed by atoms with Gasteiger partial charge in [0.05, 0.1) is 6.61 Å². The van der Waals surface area contributed by atoms with E-state index in [0.717, 1.165) is 6.42 Å². The number of benzene rings is 1. The maximum Gasteiger partial charge on any atom is 0.216 e. The first kappa shape index (κ1) is 12.5. The van der Waals surface area contributed by atoms with Crippen LogP contribution in [0.15, 0.2) is 42.6 Å². The Bertz CT molecular complexity index is 499. The predicted molar refractivity (Wildman–Crippen MR) is 66.3 cm³/mol. The molecular weight excluding hydrogens is 233 g/mol. The SMILES string of the molecule is COCCc1ccc(Oc2ccnc(F)c2)cc1. The molecule has 0 saturated heterocycles. The molecule has 18 heavy (non-hydrogen) atoms. The van der Waals surface area contributed by atoms with Gasteiger partial charge in [-0.3, -0.25) is 0 Å². The standard InChI is InChI=1S/C14H14FNO2/c1-17-9-7-11-2-4-12(5-3-11)18-13-6-8-16-14(15)10-13/h2-6,8,10H,7,9H2,1H3. The molecule has 0 amide bonds. The van der Waals surface area contributed by atoms with Crippen LogP contribution in [0.1, 0.15) is 5.56 Å². The smallest absolute Gasteiger partial charge is 0.216 e.